The number of para-hydroxylation sites is 2. The molecule has 3 aromatic heterocycles. The number of benzene rings is 1. The zero-order valence-electron chi connectivity index (χ0n) is 16.2. The summed E-state index contributed by atoms with van der Waals surface area (Å²) in [6.45, 7) is 3.80. The van der Waals surface area contributed by atoms with Gasteiger partial charge < -0.3 is 13.9 Å². The standard InChI is InChI=1S/C22H22N4O2S/c1-2-26-20-10-4-3-9-19(20)24-22(26)29-16-21(27)25(15-18-8-6-12-28-18)14-17-7-5-11-23-13-17/h3-13H,2,14-16H2,1H3. The number of hydrogen-bond acceptors (Lipinski definition) is 5. The lowest BCUT2D eigenvalue weighted by atomic mass is 10.2. The van der Waals surface area contributed by atoms with E-state index in [2.05, 4.69) is 22.5 Å². The SMILES string of the molecule is CCn1c(SCC(=O)N(Cc2cccnc2)Cc2ccco2)nc2ccccc21. The normalized spacial score (nSPS) is 11.1. The Labute approximate surface area is 173 Å². The van der Waals surface area contributed by atoms with Crippen molar-refractivity contribution in [3.63, 3.8) is 0 Å². The molecule has 0 fully saturated rings. The number of hydrogen-bond donors (Lipinski definition) is 0. The van der Waals surface area contributed by atoms with Gasteiger partial charge in [-0.2, -0.15) is 0 Å². The van der Waals surface area contributed by atoms with Crippen molar-refractivity contribution in [2.75, 3.05) is 5.75 Å². The molecule has 0 saturated heterocycles. The first kappa shape index (κ1) is 19.3. The summed E-state index contributed by atoms with van der Waals surface area (Å²) in [7, 11) is 0. The monoisotopic (exact) mass is 406 g/mol. The summed E-state index contributed by atoms with van der Waals surface area (Å²) >= 11 is 1.47. The molecule has 7 heteroatoms. The van der Waals surface area contributed by atoms with Crippen LogP contribution in [0, 0.1) is 0 Å². The molecule has 0 radical (unpaired) electrons. The number of rotatable bonds is 8. The lowest BCUT2D eigenvalue weighted by molar-refractivity contribution is -0.129. The zero-order valence-corrected chi connectivity index (χ0v) is 17.0. The molecule has 0 bridgehead atoms. The Morgan fingerprint density at radius 2 is 2.03 bits per heavy atom. The van der Waals surface area contributed by atoms with Crippen LogP contribution in [0.4, 0.5) is 0 Å². The van der Waals surface area contributed by atoms with Gasteiger partial charge in [-0.1, -0.05) is 30.0 Å². The number of amides is 1. The average molecular weight is 407 g/mol. The van der Waals surface area contributed by atoms with Crippen LogP contribution in [0.5, 0.6) is 0 Å². The third-order valence-electron chi connectivity index (χ3n) is 4.64. The van der Waals surface area contributed by atoms with Crippen molar-refractivity contribution in [1.82, 2.24) is 19.4 Å². The van der Waals surface area contributed by atoms with Gasteiger partial charge in [0, 0.05) is 25.5 Å². The van der Waals surface area contributed by atoms with Gasteiger partial charge in [0.15, 0.2) is 5.16 Å². The average Bonchev–Trinajstić information content (AvgIpc) is 3.39. The van der Waals surface area contributed by atoms with Crippen molar-refractivity contribution in [2.24, 2.45) is 0 Å². The molecular formula is C22H22N4O2S. The molecule has 0 aliphatic carbocycles. The first-order valence-electron chi connectivity index (χ1n) is 9.51. The van der Waals surface area contributed by atoms with Crippen LogP contribution in [0.15, 0.2) is 76.8 Å². The summed E-state index contributed by atoms with van der Waals surface area (Å²) in [5.41, 5.74) is 3.03. The van der Waals surface area contributed by atoms with Crippen molar-refractivity contribution < 1.29 is 9.21 Å². The van der Waals surface area contributed by atoms with E-state index in [4.69, 9.17) is 9.40 Å². The molecule has 0 aliphatic rings. The highest BCUT2D eigenvalue weighted by atomic mass is 32.2. The molecule has 3 heterocycles. The van der Waals surface area contributed by atoms with E-state index in [1.807, 2.05) is 42.5 Å². The second kappa shape index (κ2) is 8.96. The van der Waals surface area contributed by atoms with Crippen LogP contribution in [-0.4, -0.2) is 31.1 Å². The number of thioether (sulfide) groups is 1. The van der Waals surface area contributed by atoms with E-state index in [-0.39, 0.29) is 5.91 Å². The molecule has 4 rings (SSSR count). The van der Waals surface area contributed by atoms with Gasteiger partial charge in [-0.3, -0.25) is 9.78 Å². The van der Waals surface area contributed by atoms with Crippen molar-refractivity contribution in [2.45, 2.75) is 31.7 Å². The van der Waals surface area contributed by atoms with Gasteiger partial charge in [0.2, 0.25) is 5.91 Å². The second-order valence-corrected chi connectivity index (χ2v) is 7.55. The van der Waals surface area contributed by atoms with E-state index >= 15 is 0 Å². The van der Waals surface area contributed by atoms with Crippen molar-refractivity contribution >= 4 is 28.7 Å². The topological polar surface area (TPSA) is 64.2 Å². The largest absolute Gasteiger partial charge is 0.467 e. The highest BCUT2D eigenvalue weighted by Crippen LogP contribution is 2.24. The maximum Gasteiger partial charge on any atom is 0.233 e. The Morgan fingerprint density at radius 3 is 2.79 bits per heavy atom. The predicted octanol–water partition coefficient (Wildman–Crippen LogP) is 4.37. The highest BCUT2D eigenvalue weighted by molar-refractivity contribution is 7.99. The smallest absolute Gasteiger partial charge is 0.233 e. The van der Waals surface area contributed by atoms with Gasteiger partial charge in [0.25, 0.3) is 0 Å². The molecule has 4 aromatic rings. The summed E-state index contributed by atoms with van der Waals surface area (Å²) in [6, 6.07) is 15.6. The van der Waals surface area contributed by atoms with Gasteiger partial charge >= 0.3 is 0 Å². The molecule has 6 nitrogen and oxygen atoms in total. The molecule has 0 spiro atoms. The van der Waals surface area contributed by atoms with Gasteiger partial charge in [-0.05, 0) is 42.8 Å². The van der Waals surface area contributed by atoms with Crippen molar-refractivity contribution in [1.29, 1.82) is 0 Å². The van der Waals surface area contributed by atoms with E-state index in [1.165, 1.54) is 11.8 Å². The van der Waals surface area contributed by atoms with Gasteiger partial charge in [0.05, 0.1) is 29.6 Å². The molecular weight excluding hydrogens is 384 g/mol. The predicted molar refractivity (Wildman–Crippen MR) is 113 cm³/mol. The van der Waals surface area contributed by atoms with Crippen LogP contribution in [0.1, 0.15) is 18.2 Å². The Morgan fingerprint density at radius 1 is 1.14 bits per heavy atom. The van der Waals surface area contributed by atoms with Crippen LogP contribution in [-0.2, 0) is 24.4 Å². The number of carbonyl (C=O) groups excluding carboxylic acids is 1. The zero-order chi connectivity index (χ0) is 20.1. The van der Waals surface area contributed by atoms with Crippen molar-refractivity contribution in [3.05, 3.63) is 78.5 Å². The number of aryl methyl sites for hydroxylation is 1. The third kappa shape index (κ3) is 4.51. The molecule has 1 amide bonds. The number of imidazole rings is 1. The minimum atomic E-state index is 0.0324. The van der Waals surface area contributed by atoms with Crippen LogP contribution in [0.2, 0.25) is 0 Å². The number of pyridine rings is 1. The highest BCUT2D eigenvalue weighted by Gasteiger charge is 2.18. The Kier molecular flexibility index (Phi) is 5.95. The second-order valence-electron chi connectivity index (χ2n) is 6.61. The quantitative estimate of drug-likeness (QED) is 0.407. The fourth-order valence-corrected chi connectivity index (χ4v) is 4.20. The molecule has 0 unspecified atom stereocenters. The van der Waals surface area contributed by atoms with Gasteiger partial charge in [-0.25, -0.2) is 4.98 Å². The minimum absolute atomic E-state index is 0.0324. The van der Waals surface area contributed by atoms with E-state index in [0.29, 0.717) is 18.8 Å². The first-order valence-corrected chi connectivity index (χ1v) is 10.5. The van der Waals surface area contributed by atoms with E-state index < -0.39 is 0 Å². The van der Waals surface area contributed by atoms with Crippen LogP contribution >= 0.6 is 11.8 Å². The van der Waals surface area contributed by atoms with E-state index in [0.717, 1.165) is 34.1 Å². The number of aromatic nitrogens is 3. The summed E-state index contributed by atoms with van der Waals surface area (Å²) in [4.78, 5) is 23.7. The van der Waals surface area contributed by atoms with Gasteiger partial charge in [0.1, 0.15) is 5.76 Å². The number of furan rings is 1. The molecule has 148 valence electrons. The fourth-order valence-electron chi connectivity index (χ4n) is 3.22. The van der Waals surface area contributed by atoms with Crippen LogP contribution in [0.25, 0.3) is 11.0 Å². The van der Waals surface area contributed by atoms with E-state index in [9.17, 15) is 4.79 Å². The van der Waals surface area contributed by atoms with Crippen LogP contribution < -0.4 is 0 Å². The molecule has 0 atom stereocenters. The number of carbonyl (C=O) groups is 1. The maximum absolute atomic E-state index is 13.1. The molecule has 1 aromatic carbocycles. The lowest BCUT2D eigenvalue weighted by Crippen LogP contribution is -2.31. The minimum Gasteiger partial charge on any atom is -0.467 e. The first-order chi connectivity index (χ1) is 14.2. The summed E-state index contributed by atoms with van der Waals surface area (Å²) in [5, 5.41) is 0.862. The van der Waals surface area contributed by atoms with Crippen LogP contribution in [0.3, 0.4) is 0 Å². The molecule has 29 heavy (non-hydrogen) atoms. The van der Waals surface area contributed by atoms with Gasteiger partial charge in [-0.15, -0.1) is 0 Å². The van der Waals surface area contributed by atoms with Crippen molar-refractivity contribution in [3.8, 4) is 0 Å². The third-order valence-corrected chi connectivity index (χ3v) is 5.60. The molecule has 0 aliphatic heterocycles. The Balaban J connectivity index is 1.50. The maximum atomic E-state index is 13.1. The number of nitrogens with zero attached hydrogens (tertiary/aromatic N) is 4. The summed E-state index contributed by atoms with van der Waals surface area (Å²) < 4.78 is 7.60. The fraction of sp³-hybridized carbons (Fsp3) is 0.227. The lowest BCUT2D eigenvalue weighted by Gasteiger charge is -2.21. The Bertz CT molecular complexity index is 1080. The summed E-state index contributed by atoms with van der Waals surface area (Å²) in [6.07, 6.45) is 5.14. The molecule has 0 N–H and O–H groups in total. The number of fused-ring (bicyclic) bond motifs is 1. The summed E-state index contributed by atoms with van der Waals surface area (Å²) in [5.74, 6) is 1.10. The molecule has 0 saturated carbocycles. The van der Waals surface area contributed by atoms with E-state index in [1.54, 1.807) is 23.6 Å². The Hall–Kier alpha value is -3.06.